The highest BCUT2D eigenvalue weighted by Gasteiger charge is 2.07. The Labute approximate surface area is 119 Å². The third kappa shape index (κ3) is 5.84. The number of ether oxygens (including phenoxy) is 1. The van der Waals surface area contributed by atoms with Gasteiger partial charge in [-0.1, -0.05) is 19.1 Å². The summed E-state index contributed by atoms with van der Waals surface area (Å²) >= 11 is 0. The van der Waals surface area contributed by atoms with Crippen LogP contribution in [0.3, 0.4) is 0 Å². The van der Waals surface area contributed by atoms with E-state index in [0.717, 1.165) is 18.5 Å². The lowest BCUT2D eigenvalue weighted by Crippen LogP contribution is -2.28. The molecule has 0 saturated heterocycles. The fourth-order valence-electron chi connectivity index (χ4n) is 1.56. The Kier molecular flexibility index (Phi) is 7.35. The fourth-order valence-corrected chi connectivity index (χ4v) is 1.56. The molecule has 1 amide bonds. The fraction of sp³-hybridized carbons (Fsp3) is 0.400. The molecule has 0 aliphatic heterocycles. The Morgan fingerprint density at radius 3 is 2.95 bits per heavy atom. The van der Waals surface area contributed by atoms with Gasteiger partial charge in [0.05, 0.1) is 0 Å². The first-order valence-electron chi connectivity index (χ1n) is 6.67. The topological polar surface area (TPSA) is 50.4 Å². The molecule has 5 heteroatoms. The number of rotatable bonds is 9. The van der Waals surface area contributed by atoms with Gasteiger partial charge in [0.2, 0.25) is 0 Å². The molecule has 0 aromatic heterocycles. The Hall–Kier alpha value is -1.88. The molecule has 0 heterocycles. The highest BCUT2D eigenvalue weighted by atomic mass is 19.1. The van der Waals surface area contributed by atoms with Gasteiger partial charge in [0, 0.05) is 13.1 Å². The van der Waals surface area contributed by atoms with Crippen LogP contribution < -0.4 is 15.4 Å². The first kappa shape index (κ1) is 16.2. The smallest absolute Gasteiger partial charge is 0.258 e. The SMILES string of the molecule is C=CCNC(=O)COc1ccc(CNCCC)cc1F. The molecule has 0 aliphatic rings. The lowest BCUT2D eigenvalue weighted by molar-refractivity contribution is -0.122. The largest absolute Gasteiger partial charge is 0.481 e. The van der Waals surface area contributed by atoms with Gasteiger partial charge in [-0.15, -0.1) is 6.58 Å². The van der Waals surface area contributed by atoms with Crippen LogP contribution >= 0.6 is 0 Å². The zero-order valence-electron chi connectivity index (χ0n) is 11.7. The number of halogens is 1. The van der Waals surface area contributed by atoms with E-state index in [1.54, 1.807) is 18.2 Å². The van der Waals surface area contributed by atoms with Crippen molar-refractivity contribution in [2.75, 3.05) is 19.7 Å². The molecule has 0 saturated carbocycles. The molecule has 0 fully saturated rings. The number of hydrogen-bond donors (Lipinski definition) is 2. The van der Waals surface area contributed by atoms with E-state index in [1.807, 2.05) is 0 Å². The molecule has 110 valence electrons. The number of nitrogens with one attached hydrogen (secondary N) is 2. The van der Waals surface area contributed by atoms with Crippen LogP contribution in [0.2, 0.25) is 0 Å². The van der Waals surface area contributed by atoms with Crippen LogP contribution in [0.5, 0.6) is 5.75 Å². The molecule has 20 heavy (non-hydrogen) atoms. The Morgan fingerprint density at radius 2 is 2.30 bits per heavy atom. The molecule has 0 bridgehead atoms. The van der Waals surface area contributed by atoms with Crippen molar-refractivity contribution in [3.8, 4) is 5.75 Å². The predicted octanol–water partition coefficient (Wildman–Crippen LogP) is 2.01. The van der Waals surface area contributed by atoms with E-state index in [1.165, 1.54) is 6.07 Å². The molecule has 0 aliphatic carbocycles. The molecule has 2 N–H and O–H groups in total. The number of hydrogen-bond acceptors (Lipinski definition) is 3. The summed E-state index contributed by atoms with van der Waals surface area (Å²) in [6, 6.07) is 4.74. The van der Waals surface area contributed by atoms with Gasteiger partial charge in [-0.3, -0.25) is 4.79 Å². The standard InChI is InChI=1S/C15H21FN2O2/c1-3-7-17-10-12-5-6-14(13(16)9-12)20-11-15(19)18-8-4-2/h4-6,9,17H,2-3,7-8,10-11H2,1H3,(H,18,19). The third-order valence-electron chi connectivity index (χ3n) is 2.55. The highest BCUT2D eigenvalue weighted by Crippen LogP contribution is 2.18. The van der Waals surface area contributed by atoms with Crippen LogP contribution in [0.4, 0.5) is 4.39 Å². The van der Waals surface area contributed by atoms with E-state index in [2.05, 4.69) is 24.1 Å². The lowest BCUT2D eigenvalue weighted by atomic mass is 10.2. The summed E-state index contributed by atoms with van der Waals surface area (Å²) in [5.74, 6) is -0.687. The van der Waals surface area contributed by atoms with Crippen LogP contribution in [-0.4, -0.2) is 25.6 Å². The zero-order chi connectivity index (χ0) is 14.8. The zero-order valence-corrected chi connectivity index (χ0v) is 11.7. The minimum atomic E-state index is -0.461. The number of carbonyl (C=O) groups is 1. The van der Waals surface area contributed by atoms with E-state index in [4.69, 9.17) is 4.74 Å². The van der Waals surface area contributed by atoms with Crippen molar-refractivity contribution in [2.24, 2.45) is 0 Å². The maximum atomic E-state index is 13.8. The molecule has 0 atom stereocenters. The van der Waals surface area contributed by atoms with Gasteiger partial charge in [-0.25, -0.2) is 4.39 Å². The van der Waals surface area contributed by atoms with Crippen molar-refractivity contribution < 1.29 is 13.9 Å². The predicted molar refractivity (Wildman–Crippen MR) is 77.1 cm³/mol. The molecule has 0 spiro atoms. The van der Waals surface area contributed by atoms with E-state index in [0.29, 0.717) is 13.1 Å². The molecular formula is C15H21FN2O2. The molecule has 0 unspecified atom stereocenters. The summed E-state index contributed by atoms with van der Waals surface area (Å²) in [5.41, 5.74) is 0.847. The van der Waals surface area contributed by atoms with E-state index >= 15 is 0 Å². The van der Waals surface area contributed by atoms with Crippen molar-refractivity contribution in [1.29, 1.82) is 0 Å². The van der Waals surface area contributed by atoms with Crippen molar-refractivity contribution >= 4 is 5.91 Å². The summed E-state index contributed by atoms with van der Waals surface area (Å²) in [7, 11) is 0. The number of benzene rings is 1. The maximum Gasteiger partial charge on any atom is 0.258 e. The summed E-state index contributed by atoms with van der Waals surface area (Å²) < 4.78 is 18.9. The number of carbonyl (C=O) groups excluding carboxylic acids is 1. The molecule has 1 aromatic rings. The molecule has 1 aromatic carbocycles. The van der Waals surface area contributed by atoms with Crippen LogP contribution in [0, 0.1) is 5.82 Å². The normalized spacial score (nSPS) is 10.1. The molecule has 4 nitrogen and oxygen atoms in total. The average molecular weight is 280 g/mol. The third-order valence-corrected chi connectivity index (χ3v) is 2.55. The first-order chi connectivity index (χ1) is 9.67. The highest BCUT2D eigenvalue weighted by molar-refractivity contribution is 5.77. The van der Waals surface area contributed by atoms with Gasteiger partial charge in [-0.2, -0.15) is 0 Å². The number of amides is 1. The van der Waals surface area contributed by atoms with Gasteiger partial charge in [0.25, 0.3) is 5.91 Å². The van der Waals surface area contributed by atoms with Crippen LogP contribution in [0.15, 0.2) is 30.9 Å². The Morgan fingerprint density at radius 1 is 1.50 bits per heavy atom. The second-order valence-electron chi connectivity index (χ2n) is 4.32. The van der Waals surface area contributed by atoms with Crippen LogP contribution in [0.25, 0.3) is 0 Å². The second-order valence-corrected chi connectivity index (χ2v) is 4.32. The van der Waals surface area contributed by atoms with Crippen molar-refractivity contribution in [3.63, 3.8) is 0 Å². The molecule has 1 rings (SSSR count). The van der Waals surface area contributed by atoms with Gasteiger partial charge in [0.1, 0.15) is 0 Å². The van der Waals surface area contributed by atoms with Crippen LogP contribution in [-0.2, 0) is 11.3 Å². The first-order valence-corrected chi connectivity index (χ1v) is 6.67. The Balaban J connectivity index is 2.46. The summed E-state index contributed by atoms with van der Waals surface area (Å²) in [6.07, 6.45) is 2.60. The molecular weight excluding hydrogens is 259 g/mol. The van der Waals surface area contributed by atoms with Gasteiger partial charge in [-0.05, 0) is 30.7 Å². The van der Waals surface area contributed by atoms with Gasteiger partial charge in [0.15, 0.2) is 18.2 Å². The quantitative estimate of drug-likeness (QED) is 0.537. The van der Waals surface area contributed by atoms with E-state index in [9.17, 15) is 9.18 Å². The van der Waals surface area contributed by atoms with Crippen molar-refractivity contribution in [3.05, 3.63) is 42.2 Å². The second kappa shape index (κ2) is 9.09. The minimum Gasteiger partial charge on any atom is -0.481 e. The van der Waals surface area contributed by atoms with E-state index in [-0.39, 0.29) is 18.3 Å². The minimum absolute atomic E-state index is 0.0815. The average Bonchev–Trinajstić information content (AvgIpc) is 2.44. The summed E-state index contributed by atoms with van der Waals surface area (Å²) in [6.45, 7) is 7.22. The lowest BCUT2D eigenvalue weighted by Gasteiger charge is -2.09. The van der Waals surface area contributed by atoms with Gasteiger partial charge >= 0.3 is 0 Å². The monoisotopic (exact) mass is 280 g/mol. The van der Waals surface area contributed by atoms with E-state index < -0.39 is 5.82 Å². The van der Waals surface area contributed by atoms with Gasteiger partial charge < -0.3 is 15.4 Å². The summed E-state index contributed by atoms with van der Waals surface area (Å²) in [5, 5.41) is 5.74. The van der Waals surface area contributed by atoms with Crippen molar-refractivity contribution in [2.45, 2.75) is 19.9 Å². The van der Waals surface area contributed by atoms with Crippen LogP contribution in [0.1, 0.15) is 18.9 Å². The maximum absolute atomic E-state index is 13.8. The Bertz CT molecular complexity index is 449. The van der Waals surface area contributed by atoms with Crippen molar-refractivity contribution in [1.82, 2.24) is 10.6 Å². The molecule has 0 radical (unpaired) electrons. The summed E-state index contributed by atoms with van der Waals surface area (Å²) in [4.78, 5) is 11.3.